The number of halogens is 3. The lowest BCUT2D eigenvalue weighted by molar-refractivity contribution is -0.137. The molecule has 0 aliphatic heterocycles. The van der Waals surface area contributed by atoms with Crippen molar-refractivity contribution in [1.82, 2.24) is 0 Å². The molecule has 1 amide bonds. The Bertz CT molecular complexity index is 878. The molecule has 0 radical (unpaired) electrons. The molecule has 4 nitrogen and oxygen atoms in total. The monoisotopic (exact) mass is 418 g/mol. The Hall–Kier alpha value is -2.93. The van der Waals surface area contributed by atoms with Crippen LogP contribution in [0, 0.1) is 5.92 Å². The number of alkyl halides is 3. The summed E-state index contributed by atoms with van der Waals surface area (Å²) < 4.78 is 38.4. The predicted molar refractivity (Wildman–Crippen MR) is 111 cm³/mol. The van der Waals surface area contributed by atoms with Crippen LogP contribution >= 0.6 is 0 Å². The maximum absolute atomic E-state index is 12.8. The Kier molecular flexibility index (Phi) is 8.35. The first-order chi connectivity index (χ1) is 14.1. The number of ketones is 1. The molecule has 2 aromatic carbocycles. The number of hydrogen-bond donors (Lipinski definition) is 2. The van der Waals surface area contributed by atoms with E-state index in [1.54, 1.807) is 13.0 Å². The van der Waals surface area contributed by atoms with Crippen LogP contribution in [0.1, 0.15) is 30.9 Å². The summed E-state index contributed by atoms with van der Waals surface area (Å²) in [4.78, 5) is 24.2. The van der Waals surface area contributed by atoms with Crippen LogP contribution in [0.4, 0.5) is 18.9 Å². The normalized spacial score (nSPS) is 13.8. The second kappa shape index (κ2) is 10.7. The fourth-order valence-electron chi connectivity index (χ4n) is 2.89. The second-order valence-corrected chi connectivity index (χ2v) is 7.17. The van der Waals surface area contributed by atoms with Crippen LogP contribution in [0.5, 0.6) is 0 Å². The molecule has 30 heavy (non-hydrogen) atoms. The van der Waals surface area contributed by atoms with Crippen molar-refractivity contribution in [1.29, 1.82) is 0 Å². The van der Waals surface area contributed by atoms with E-state index in [-0.39, 0.29) is 23.8 Å². The maximum atomic E-state index is 12.8. The number of hydrogen-bond acceptors (Lipinski definition) is 3. The molecule has 2 rings (SSSR count). The van der Waals surface area contributed by atoms with E-state index in [0.29, 0.717) is 6.42 Å². The number of nitrogens with two attached hydrogens (primary N) is 1. The van der Waals surface area contributed by atoms with Crippen molar-refractivity contribution in [2.24, 2.45) is 11.7 Å². The molecule has 0 heterocycles. The van der Waals surface area contributed by atoms with E-state index >= 15 is 0 Å². The van der Waals surface area contributed by atoms with Gasteiger partial charge in [0.1, 0.15) is 5.78 Å². The molecule has 0 spiro atoms. The van der Waals surface area contributed by atoms with Crippen molar-refractivity contribution >= 4 is 17.4 Å². The Morgan fingerprint density at radius 1 is 1.10 bits per heavy atom. The lowest BCUT2D eigenvalue weighted by atomic mass is 9.92. The number of anilines is 1. The zero-order valence-corrected chi connectivity index (χ0v) is 16.7. The number of carbonyl (C=O) groups excluding carboxylic acids is 2. The predicted octanol–water partition coefficient (Wildman–Crippen LogP) is 4.76. The van der Waals surface area contributed by atoms with Crippen LogP contribution in [0.3, 0.4) is 0 Å². The molecule has 0 saturated heterocycles. The molecule has 3 N–H and O–H groups in total. The summed E-state index contributed by atoms with van der Waals surface area (Å²) in [5.41, 5.74) is 5.97. The Morgan fingerprint density at radius 3 is 2.43 bits per heavy atom. The third-order valence-electron chi connectivity index (χ3n) is 4.60. The first-order valence-electron chi connectivity index (χ1n) is 9.64. The summed E-state index contributed by atoms with van der Waals surface area (Å²) in [5, 5.41) is 2.42. The van der Waals surface area contributed by atoms with Crippen LogP contribution in [-0.4, -0.2) is 17.7 Å². The molecule has 0 unspecified atom stereocenters. The zero-order chi connectivity index (χ0) is 22.1. The number of nitrogens with one attached hydrogen (secondary N) is 1. The van der Waals surface area contributed by atoms with Crippen LogP contribution in [0.25, 0.3) is 0 Å². The van der Waals surface area contributed by atoms with Gasteiger partial charge in [-0.25, -0.2) is 0 Å². The molecule has 0 aliphatic rings. The first-order valence-corrected chi connectivity index (χ1v) is 9.64. The van der Waals surface area contributed by atoms with Crippen LogP contribution < -0.4 is 11.1 Å². The molecule has 160 valence electrons. The number of Topliss-reactive ketones (excluding diaryl/α,β-unsaturated/α-hetero) is 1. The van der Waals surface area contributed by atoms with Gasteiger partial charge >= 0.3 is 6.18 Å². The fourth-order valence-corrected chi connectivity index (χ4v) is 2.89. The molecule has 7 heteroatoms. The third kappa shape index (κ3) is 7.83. The van der Waals surface area contributed by atoms with Gasteiger partial charge in [-0.15, -0.1) is 0 Å². The SMILES string of the molecule is C[C@H](N)C(=O)C[C@H](/C=C/C(=O)Nc1cccc(C(F)(F)F)c1)CCc1ccccc1. The average Bonchev–Trinajstić information content (AvgIpc) is 2.70. The van der Waals surface area contributed by atoms with Gasteiger partial charge in [0.2, 0.25) is 5.91 Å². The van der Waals surface area contributed by atoms with Gasteiger partial charge < -0.3 is 11.1 Å². The Labute approximate surface area is 174 Å². The minimum absolute atomic E-state index is 0.0481. The number of amides is 1. The average molecular weight is 418 g/mol. The summed E-state index contributed by atoms with van der Waals surface area (Å²) in [7, 11) is 0. The van der Waals surface area contributed by atoms with Gasteiger partial charge in [0.15, 0.2) is 0 Å². The highest BCUT2D eigenvalue weighted by Crippen LogP contribution is 2.30. The number of allylic oxidation sites excluding steroid dienone is 1. The summed E-state index contributed by atoms with van der Waals surface area (Å²) in [6.07, 6.45) is -0.0695. The minimum Gasteiger partial charge on any atom is -0.323 e. The quantitative estimate of drug-likeness (QED) is 0.577. The van der Waals surface area contributed by atoms with E-state index in [0.717, 1.165) is 24.1 Å². The molecule has 0 aromatic heterocycles. The first kappa shape index (κ1) is 23.3. The van der Waals surface area contributed by atoms with Gasteiger partial charge in [-0.2, -0.15) is 13.2 Å². The highest BCUT2D eigenvalue weighted by atomic mass is 19.4. The molecular weight excluding hydrogens is 393 g/mol. The highest BCUT2D eigenvalue weighted by molar-refractivity contribution is 5.99. The molecule has 0 saturated carbocycles. The van der Waals surface area contributed by atoms with Crippen molar-refractivity contribution in [3.05, 3.63) is 77.9 Å². The number of rotatable bonds is 9. The van der Waals surface area contributed by atoms with E-state index in [1.165, 1.54) is 18.2 Å². The molecular formula is C23H25F3N2O2. The van der Waals surface area contributed by atoms with Gasteiger partial charge in [-0.05, 0) is 55.5 Å². The lowest BCUT2D eigenvalue weighted by Gasteiger charge is -2.14. The third-order valence-corrected chi connectivity index (χ3v) is 4.60. The van der Waals surface area contributed by atoms with E-state index in [1.807, 2.05) is 30.3 Å². The molecule has 2 aromatic rings. The van der Waals surface area contributed by atoms with Gasteiger partial charge in [0.25, 0.3) is 0 Å². The number of aryl methyl sites for hydroxylation is 1. The van der Waals surface area contributed by atoms with Crippen molar-refractivity contribution in [2.75, 3.05) is 5.32 Å². The van der Waals surface area contributed by atoms with Crippen LogP contribution in [0.2, 0.25) is 0 Å². The second-order valence-electron chi connectivity index (χ2n) is 7.17. The van der Waals surface area contributed by atoms with E-state index in [4.69, 9.17) is 5.73 Å². The van der Waals surface area contributed by atoms with Crippen LogP contribution in [-0.2, 0) is 22.2 Å². The van der Waals surface area contributed by atoms with E-state index in [2.05, 4.69) is 5.32 Å². The Balaban J connectivity index is 2.03. The van der Waals surface area contributed by atoms with Crippen molar-refractivity contribution in [3.8, 4) is 0 Å². The van der Waals surface area contributed by atoms with Crippen LogP contribution in [0.15, 0.2) is 66.7 Å². The summed E-state index contributed by atoms with van der Waals surface area (Å²) in [6, 6.07) is 13.5. The fraction of sp³-hybridized carbons (Fsp3) is 0.304. The smallest absolute Gasteiger partial charge is 0.323 e. The lowest BCUT2D eigenvalue weighted by Crippen LogP contribution is -2.28. The van der Waals surface area contributed by atoms with Gasteiger partial charge in [-0.3, -0.25) is 9.59 Å². The van der Waals surface area contributed by atoms with E-state index in [9.17, 15) is 22.8 Å². The zero-order valence-electron chi connectivity index (χ0n) is 16.7. The largest absolute Gasteiger partial charge is 0.416 e. The van der Waals surface area contributed by atoms with Gasteiger partial charge in [0.05, 0.1) is 11.6 Å². The van der Waals surface area contributed by atoms with Crippen molar-refractivity contribution in [2.45, 2.75) is 38.4 Å². The minimum atomic E-state index is -4.49. The summed E-state index contributed by atoms with van der Waals surface area (Å²) >= 11 is 0. The molecule has 0 fully saturated rings. The number of carbonyl (C=O) groups is 2. The van der Waals surface area contributed by atoms with E-state index < -0.39 is 23.7 Å². The molecule has 0 aliphatic carbocycles. The topological polar surface area (TPSA) is 72.2 Å². The highest BCUT2D eigenvalue weighted by Gasteiger charge is 2.30. The molecule has 2 atom stereocenters. The van der Waals surface area contributed by atoms with Crippen molar-refractivity contribution in [3.63, 3.8) is 0 Å². The molecule has 0 bridgehead atoms. The summed E-state index contributed by atoms with van der Waals surface area (Å²) in [5.74, 6) is -0.890. The standard InChI is InChI=1S/C23H25F3N2O2/c1-16(27)21(29)14-18(11-10-17-6-3-2-4-7-17)12-13-22(30)28-20-9-5-8-19(15-20)23(24,25)26/h2-9,12-13,15-16,18H,10-11,14,27H2,1H3,(H,28,30)/b13-12+/t16-,18-/m0/s1. The van der Waals surface area contributed by atoms with Gasteiger partial charge in [0, 0.05) is 12.1 Å². The summed E-state index contributed by atoms with van der Waals surface area (Å²) in [6.45, 7) is 1.61. The Morgan fingerprint density at radius 2 is 1.80 bits per heavy atom. The van der Waals surface area contributed by atoms with Crippen molar-refractivity contribution < 1.29 is 22.8 Å². The maximum Gasteiger partial charge on any atom is 0.416 e. The number of benzene rings is 2. The van der Waals surface area contributed by atoms with Gasteiger partial charge in [-0.1, -0.05) is 42.5 Å².